The van der Waals surface area contributed by atoms with Crippen LogP contribution in [0, 0.1) is 0 Å². The van der Waals surface area contributed by atoms with Crippen LogP contribution in [-0.4, -0.2) is 70.4 Å². The second kappa shape index (κ2) is 11.0. The number of hydrazine groups is 1. The van der Waals surface area contributed by atoms with Gasteiger partial charge in [-0.25, -0.2) is 5.43 Å². The molecule has 0 aliphatic carbocycles. The molecular weight excluding hydrogens is 406 g/mol. The van der Waals surface area contributed by atoms with Crippen molar-refractivity contribution in [3.8, 4) is 0 Å². The highest BCUT2D eigenvalue weighted by Crippen LogP contribution is 2.10. The summed E-state index contributed by atoms with van der Waals surface area (Å²) in [5.41, 5.74) is 1.55. The summed E-state index contributed by atoms with van der Waals surface area (Å²) in [7, 11) is 0. The van der Waals surface area contributed by atoms with Crippen LogP contribution in [0.25, 0.3) is 0 Å². The van der Waals surface area contributed by atoms with Crippen LogP contribution in [0.4, 0.5) is 0 Å². The van der Waals surface area contributed by atoms with Crippen LogP contribution >= 0.6 is 0 Å². The van der Waals surface area contributed by atoms with Crippen molar-refractivity contribution in [2.24, 2.45) is 0 Å². The van der Waals surface area contributed by atoms with Crippen LogP contribution < -0.4 is 5.43 Å². The van der Waals surface area contributed by atoms with Crippen LogP contribution in [0.15, 0.2) is 12.2 Å². The number of rotatable bonds is 10. The van der Waals surface area contributed by atoms with Gasteiger partial charge in [-0.2, -0.15) is 0 Å². The zero-order chi connectivity index (χ0) is 23.8. The molecule has 0 bridgehead atoms. The second-order valence-electron chi connectivity index (χ2n) is 9.04. The third-order valence-electron chi connectivity index (χ3n) is 3.76. The fraction of sp³-hybridized carbons (Fsp3) is 0.667. The Morgan fingerprint density at radius 1 is 0.871 bits per heavy atom. The summed E-state index contributed by atoms with van der Waals surface area (Å²) in [5.74, 6) is -2.29. The third-order valence-corrected chi connectivity index (χ3v) is 3.76. The topological polar surface area (TPSA) is 122 Å². The number of esters is 2. The first-order valence-electron chi connectivity index (χ1n) is 10.2. The van der Waals surface area contributed by atoms with Crippen molar-refractivity contribution in [2.45, 2.75) is 72.0 Å². The summed E-state index contributed by atoms with van der Waals surface area (Å²) in [6, 6.07) is 0. The minimum absolute atomic E-state index is 0.00219. The quantitative estimate of drug-likeness (QED) is 0.305. The maximum absolute atomic E-state index is 12.6. The first-order valence-corrected chi connectivity index (χ1v) is 10.2. The van der Waals surface area contributed by atoms with Gasteiger partial charge in [0.2, 0.25) is 5.91 Å². The average Bonchev–Trinajstić information content (AvgIpc) is 2.90. The highest BCUT2D eigenvalue weighted by Gasteiger charge is 2.26. The summed E-state index contributed by atoms with van der Waals surface area (Å²) < 4.78 is 10.5. The molecule has 3 amide bonds. The lowest BCUT2D eigenvalue weighted by Gasteiger charge is -2.26. The molecule has 10 heteroatoms. The molecule has 0 aromatic rings. The maximum atomic E-state index is 12.6. The van der Waals surface area contributed by atoms with E-state index in [0.717, 1.165) is 17.1 Å². The lowest BCUT2D eigenvalue weighted by Crippen LogP contribution is -2.46. The number of carbonyl (C=O) groups excluding carboxylic acids is 5. The zero-order valence-corrected chi connectivity index (χ0v) is 19.1. The highest BCUT2D eigenvalue weighted by molar-refractivity contribution is 6.13. The minimum atomic E-state index is -0.653. The van der Waals surface area contributed by atoms with E-state index < -0.39 is 40.9 Å². The molecule has 1 aliphatic rings. The molecule has 1 aliphatic heterocycles. The van der Waals surface area contributed by atoms with Gasteiger partial charge in [0, 0.05) is 38.2 Å². The Kier molecular flexibility index (Phi) is 9.36. The molecule has 0 saturated heterocycles. The van der Waals surface area contributed by atoms with Gasteiger partial charge in [-0.1, -0.05) is 0 Å². The molecule has 1 N–H and O–H groups in total. The predicted molar refractivity (Wildman–Crippen MR) is 111 cm³/mol. The molecule has 10 nitrogen and oxygen atoms in total. The van der Waals surface area contributed by atoms with E-state index in [0.29, 0.717) is 0 Å². The molecule has 31 heavy (non-hydrogen) atoms. The number of nitrogens with zero attached hydrogens (tertiary/aromatic N) is 2. The number of hydrogen-bond donors (Lipinski definition) is 1. The van der Waals surface area contributed by atoms with Crippen LogP contribution in [0.5, 0.6) is 0 Å². The average molecular weight is 440 g/mol. The van der Waals surface area contributed by atoms with Crippen molar-refractivity contribution in [3.05, 3.63) is 12.2 Å². The molecule has 0 saturated carbocycles. The Hall–Kier alpha value is -2.75. The number of carbonyl (C=O) groups is 5. The van der Waals surface area contributed by atoms with Gasteiger partial charge in [-0.05, 0) is 41.5 Å². The van der Waals surface area contributed by atoms with E-state index in [1.165, 1.54) is 5.01 Å². The number of hydrogen-bond acceptors (Lipinski definition) is 8. The lowest BCUT2D eigenvalue weighted by atomic mass is 10.2. The van der Waals surface area contributed by atoms with Crippen LogP contribution in [-0.2, 0) is 33.4 Å². The molecular formula is C21H33N3O7. The summed E-state index contributed by atoms with van der Waals surface area (Å²) in [5, 5.41) is 1.20. The van der Waals surface area contributed by atoms with Crippen molar-refractivity contribution in [1.29, 1.82) is 0 Å². The number of ether oxygens (including phenoxy) is 2. The van der Waals surface area contributed by atoms with E-state index in [4.69, 9.17) is 9.47 Å². The number of nitrogens with one attached hydrogen (secondary N) is 1. The van der Waals surface area contributed by atoms with Crippen LogP contribution in [0.3, 0.4) is 0 Å². The third kappa shape index (κ3) is 10.7. The van der Waals surface area contributed by atoms with E-state index in [1.54, 1.807) is 41.5 Å². The Balaban J connectivity index is 2.64. The maximum Gasteiger partial charge on any atom is 0.308 e. The molecule has 0 spiro atoms. The Labute approximate surface area is 182 Å². The van der Waals surface area contributed by atoms with Crippen molar-refractivity contribution >= 4 is 29.7 Å². The van der Waals surface area contributed by atoms with Crippen molar-refractivity contribution in [2.75, 3.05) is 19.6 Å². The van der Waals surface area contributed by atoms with Crippen LogP contribution in [0.1, 0.15) is 60.8 Å². The summed E-state index contributed by atoms with van der Waals surface area (Å²) >= 11 is 0. The molecule has 0 atom stereocenters. The van der Waals surface area contributed by atoms with E-state index in [-0.39, 0.29) is 38.9 Å². The fourth-order valence-corrected chi connectivity index (χ4v) is 2.57. The smallest absolute Gasteiger partial charge is 0.308 e. The Bertz CT molecular complexity index is 714. The SMILES string of the molecule is CC(C)(C)OC(=O)CCNN(CCC(=O)OC(C)(C)C)C(=O)CCN1C(=O)C=CC1=O. The molecule has 1 rings (SSSR count). The summed E-state index contributed by atoms with van der Waals surface area (Å²) in [6.07, 6.45) is 2.11. The van der Waals surface area contributed by atoms with Gasteiger partial charge in [0.15, 0.2) is 0 Å². The molecule has 0 unspecified atom stereocenters. The molecule has 174 valence electrons. The van der Waals surface area contributed by atoms with Crippen molar-refractivity contribution < 1.29 is 33.4 Å². The molecule has 0 fully saturated rings. The largest absolute Gasteiger partial charge is 0.460 e. The van der Waals surface area contributed by atoms with E-state index in [1.807, 2.05) is 0 Å². The van der Waals surface area contributed by atoms with Gasteiger partial charge in [0.1, 0.15) is 11.2 Å². The highest BCUT2D eigenvalue weighted by atomic mass is 16.6. The van der Waals surface area contributed by atoms with E-state index in [2.05, 4.69) is 5.43 Å². The Morgan fingerprint density at radius 3 is 1.84 bits per heavy atom. The van der Waals surface area contributed by atoms with Crippen LogP contribution in [0.2, 0.25) is 0 Å². The summed E-state index contributed by atoms with van der Waals surface area (Å²) in [6.45, 7) is 10.5. The predicted octanol–water partition coefficient (Wildman–Crippen LogP) is 1.10. The first-order chi connectivity index (χ1) is 14.2. The minimum Gasteiger partial charge on any atom is -0.460 e. The Morgan fingerprint density at radius 2 is 1.35 bits per heavy atom. The molecule has 0 aromatic heterocycles. The molecule has 0 aromatic carbocycles. The first kappa shape index (κ1) is 26.3. The zero-order valence-electron chi connectivity index (χ0n) is 19.1. The number of imide groups is 1. The second-order valence-corrected chi connectivity index (χ2v) is 9.04. The monoisotopic (exact) mass is 439 g/mol. The van der Waals surface area contributed by atoms with Crippen molar-refractivity contribution in [1.82, 2.24) is 15.3 Å². The fourth-order valence-electron chi connectivity index (χ4n) is 2.57. The van der Waals surface area contributed by atoms with E-state index >= 15 is 0 Å². The van der Waals surface area contributed by atoms with Gasteiger partial charge in [0.25, 0.3) is 11.8 Å². The normalized spacial score (nSPS) is 14.1. The number of amides is 3. The standard InChI is InChI=1S/C21H33N3O7/c1-20(2,3)30-18(28)9-12-22-24(14-11-19(29)31-21(4,5)6)17(27)10-13-23-15(25)7-8-16(23)26/h7-8,22H,9-14H2,1-6H3. The van der Waals surface area contributed by atoms with Crippen molar-refractivity contribution in [3.63, 3.8) is 0 Å². The lowest BCUT2D eigenvalue weighted by molar-refractivity contribution is -0.157. The van der Waals surface area contributed by atoms with Gasteiger partial charge in [0.05, 0.1) is 12.8 Å². The molecule has 0 radical (unpaired) electrons. The van der Waals surface area contributed by atoms with Gasteiger partial charge >= 0.3 is 11.9 Å². The van der Waals surface area contributed by atoms with E-state index in [9.17, 15) is 24.0 Å². The van der Waals surface area contributed by atoms with Gasteiger partial charge < -0.3 is 9.47 Å². The summed E-state index contributed by atoms with van der Waals surface area (Å²) in [4.78, 5) is 60.8. The van der Waals surface area contributed by atoms with Gasteiger partial charge in [-0.3, -0.25) is 33.9 Å². The van der Waals surface area contributed by atoms with Gasteiger partial charge in [-0.15, -0.1) is 0 Å². The molecule has 1 heterocycles.